The number of anilines is 1. The molecule has 0 saturated carbocycles. The summed E-state index contributed by atoms with van der Waals surface area (Å²) in [6.45, 7) is 1.98. The Labute approximate surface area is 113 Å². The number of aromatic amines is 1. The summed E-state index contributed by atoms with van der Waals surface area (Å²) in [6, 6.07) is 6.14. The predicted octanol–water partition coefficient (Wildman–Crippen LogP) is 1.80. The summed E-state index contributed by atoms with van der Waals surface area (Å²) >= 11 is 0. The zero-order chi connectivity index (χ0) is 14.3. The molecule has 0 amide bonds. The molecule has 20 heavy (non-hydrogen) atoms. The number of non-ortho nitro benzene ring substituents is 1. The van der Waals surface area contributed by atoms with Crippen molar-refractivity contribution in [1.29, 1.82) is 0 Å². The molecular formula is C12H12N6O2. The van der Waals surface area contributed by atoms with Crippen LogP contribution in [0.5, 0.6) is 0 Å². The molecule has 2 aromatic heterocycles. The van der Waals surface area contributed by atoms with Crippen LogP contribution < -0.4 is 5.73 Å². The van der Waals surface area contributed by atoms with Gasteiger partial charge in [0.1, 0.15) is 5.82 Å². The molecule has 2 heterocycles. The van der Waals surface area contributed by atoms with Gasteiger partial charge in [0.2, 0.25) is 0 Å². The van der Waals surface area contributed by atoms with Crippen molar-refractivity contribution < 1.29 is 4.92 Å². The van der Waals surface area contributed by atoms with E-state index >= 15 is 0 Å². The summed E-state index contributed by atoms with van der Waals surface area (Å²) in [6.07, 6.45) is 0.722. The molecule has 0 aliphatic heterocycles. The van der Waals surface area contributed by atoms with Gasteiger partial charge in [-0.3, -0.25) is 15.2 Å². The first-order valence-electron chi connectivity index (χ1n) is 6.08. The Bertz CT molecular complexity index is 786. The maximum atomic E-state index is 10.7. The van der Waals surface area contributed by atoms with Crippen molar-refractivity contribution in [3.8, 4) is 5.69 Å². The minimum Gasteiger partial charge on any atom is -0.383 e. The van der Waals surface area contributed by atoms with Crippen LogP contribution in [0.4, 0.5) is 11.5 Å². The van der Waals surface area contributed by atoms with Crippen molar-refractivity contribution in [2.24, 2.45) is 0 Å². The minimum absolute atomic E-state index is 0.0365. The van der Waals surface area contributed by atoms with Crippen LogP contribution in [-0.2, 0) is 6.42 Å². The summed E-state index contributed by atoms with van der Waals surface area (Å²) < 4.78 is 1.63. The second kappa shape index (κ2) is 4.34. The normalized spacial score (nSPS) is 11.1. The Balaban J connectivity index is 2.16. The van der Waals surface area contributed by atoms with Crippen molar-refractivity contribution in [3.05, 3.63) is 40.1 Å². The van der Waals surface area contributed by atoms with Crippen molar-refractivity contribution >= 4 is 22.5 Å². The number of aryl methyl sites for hydroxylation is 1. The van der Waals surface area contributed by atoms with Crippen LogP contribution in [0.2, 0.25) is 0 Å². The lowest BCUT2D eigenvalue weighted by molar-refractivity contribution is -0.384. The zero-order valence-electron chi connectivity index (χ0n) is 10.7. The van der Waals surface area contributed by atoms with Crippen LogP contribution in [0, 0.1) is 10.1 Å². The fraction of sp³-hybridized carbons (Fsp3) is 0.167. The van der Waals surface area contributed by atoms with Crippen LogP contribution >= 0.6 is 0 Å². The third-order valence-electron chi connectivity index (χ3n) is 3.13. The number of nitro benzene ring substituents is 1. The van der Waals surface area contributed by atoms with Gasteiger partial charge < -0.3 is 5.73 Å². The number of hydrogen-bond acceptors (Lipinski definition) is 5. The predicted molar refractivity (Wildman–Crippen MR) is 73.7 cm³/mol. The minimum atomic E-state index is -0.438. The average Bonchev–Trinajstić information content (AvgIpc) is 3.00. The highest BCUT2D eigenvalue weighted by molar-refractivity contribution is 5.89. The third-order valence-corrected chi connectivity index (χ3v) is 3.13. The highest BCUT2D eigenvalue weighted by atomic mass is 16.6. The van der Waals surface area contributed by atoms with E-state index in [4.69, 9.17) is 5.73 Å². The monoisotopic (exact) mass is 272 g/mol. The SMILES string of the molecule is CCc1nn(-c2ccc([N+](=O)[O-])cc2)c2n[nH]c(N)c12. The number of aromatic nitrogens is 4. The number of nitrogens with two attached hydrogens (primary N) is 1. The molecular weight excluding hydrogens is 260 g/mol. The van der Waals surface area contributed by atoms with E-state index in [0.29, 0.717) is 17.2 Å². The molecule has 1 aromatic carbocycles. The maximum Gasteiger partial charge on any atom is 0.269 e. The van der Waals surface area contributed by atoms with Gasteiger partial charge in [-0.2, -0.15) is 10.2 Å². The smallest absolute Gasteiger partial charge is 0.269 e. The van der Waals surface area contributed by atoms with E-state index < -0.39 is 4.92 Å². The number of rotatable bonds is 3. The average molecular weight is 272 g/mol. The molecule has 0 atom stereocenters. The van der Waals surface area contributed by atoms with E-state index in [0.717, 1.165) is 17.5 Å². The Morgan fingerprint density at radius 3 is 2.70 bits per heavy atom. The van der Waals surface area contributed by atoms with Gasteiger partial charge in [0.25, 0.3) is 5.69 Å². The maximum absolute atomic E-state index is 10.7. The second-order valence-electron chi connectivity index (χ2n) is 4.32. The van der Waals surface area contributed by atoms with E-state index in [9.17, 15) is 10.1 Å². The van der Waals surface area contributed by atoms with Gasteiger partial charge in [0.05, 0.1) is 21.7 Å². The number of nitrogens with zero attached hydrogens (tertiary/aromatic N) is 4. The first-order chi connectivity index (χ1) is 9.61. The largest absolute Gasteiger partial charge is 0.383 e. The molecule has 8 nitrogen and oxygen atoms in total. The molecule has 3 rings (SSSR count). The van der Waals surface area contributed by atoms with E-state index in [1.165, 1.54) is 12.1 Å². The number of H-pyrrole nitrogens is 1. The van der Waals surface area contributed by atoms with Gasteiger partial charge in [-0.15, -0.1) is 0 Å². The quantitative estimate of drug-likeness (QED) is 0.557. The summed E-state index contributed by atoms with van der Waals surface area (Å²) in [4.78, 5) is 10.2. The van der Waals surface area contributed by atoms with E-state index in [1.54, 1.807) is 16.8 Å². The zero-order valence-corrected chi connectivity index (χ0v) is 10.7. The Morgan fingerprint density at radius 2 is 2.10 bits per heavy atom. The molecule has 0 spiro atoms. The molecule has 0 bridgehead atoms. The van der Waals surface area contributed by atoms with Crippen molar-refractivity contribution in [2.75, 3.05) is 5.73 Å². The summed E-state index contributed by atoms with van der Waals surface area (Å²) in [7, 11) is 0. The lowest BCUT2D eigenvalue weighted by Crippen LogP contribution is -1.99. The number of benzene rings is 1. The summed E-state index contributed by atoms with van der Waals surface area (Å²) in [5.41, 5.74) is 8.04. The number of nitrogens with one attached hydrogen (secondary N) is 1. The van der Waals surface area contributed by atoms with Crippen LogP contribution in [-0.4, -0.2) is 24.9 Å². The molecule has 102 valence electrons. The van der Waals surface area contributed by atoms with Crippen LogP contribution in [0.15, 0.2) is 24.3 Å². The Morgan fingerprint density at radius 1 is 1.40 bits per heavy atom. The summed E-state index contributed by atoms with van der Waals surface area (Å²) in [5, 5.41) is 22.8. The van der Waals surface area contributed by atoms with E-state index in [-0.39, 0.29) is 5.69 Å². The highest BCUT2D eigenvalue weighted by Gasteiger charge is 2.16. The van der Waals surface area contributed by atoms with Gasteiger partial charge in [-0.1, -0.05) is 6.92 Å². The van der Waals surface area contributed by atoms with Crippen molar-refractivity contribution in [3.63, 3.8) is 0 Å². The van der Waals surface area contributed by atoms with Crippen LogP contribution in [0.25, 0.3) is 16.7 Å². The molecule has 0 saturated heterocycles. The molecule has 0 radical (unpaired) electrons. The lowest BCUT2D eigenvalue weighted by atomic mass is 10.2. The standard InChI is InChI=1S/C12H12N6O2/c1-2-9-10-11(13)14-15-12(10)17(16-9)7-3-5-8(6-4-7)18(19)20/h3-6H,2H2,1H3,(H3,13,14,15). The number of hydrogen-bond donors (Lipinski definition) is 2. The van der Waals surface area contributed by atoms with Crippen LogP contribution in [0.1, 0.15) is 12.6 Å². The van der Waals surface area contributed by atoms with E-state index in [1.807, 2.05) is 6.92 Å². The van der Waals surface area contributed by atoms with Crippen LogP contribution in [0.3, 0.4) is 0 Å². The Hall–Kier alpha value is -2.90. The fourth-order valence-corrected chi connectivity index (χ4v) is 2.14. The van der Waals surface area contributed by atoms with Gasteiger partial charge in [-0.05, 0) is 18.6 Å². The Kier molecular flexibility index (Phi) is 2.63. The van der Waals surface area contributed by atoms with Gasteiger partial charge in [0, 0.05) is 12.1 Å². The highest BCUT2D eigenvalue weighted by Crippen LogP contribution is 2.25. The fourth-order valence-electron chi connectivity index (χ4n) is 2.14. The summed E-state index contributed by atoms with van der Waals surface area (Å²) in [5.74, 6) is 0.477. The van der Waals surface area contributed by atoms with E-state index in [2.05, 4.69) is 15.3 Å². The number of nitro groups is 1. The molecule has 0 aliphatic rings. The third kappa shape index (κ3) is 1.69. The molecule has 3 aromatic rings. The van der Waals surface area contributed by atoms with Gasteiger partial charge in [0.15, 0.2) is 5.65 Å². The molecule has 0 aliphatic carbocycles. The van der Waals surface area contributed by atoms with Crippen molar-refractivity contribution in [2.45, 2.75) is 13.3 Å². The molecule has 3 N–H and O–H groups in total. The number of fused-ring (bicyclic) bond motifs is 1. The second-order valence-corrected chi connectivity index (χ2v) is 4.32. The van der Waals surface area contributed by atoms with Crippen molar-refractivity contribution in [1.82, 2.24) is 20.0 Å². The van der Waals surface area contributed by atoms with Gasteiger partial charge in [-0.25, -0.2) is 4.68 Å². The number of nitrogen functional groups attached to an aromatic ring is 1. The topological polar surface area (TPSA) is 116 Å². The lowest BCUT2D eigenvalue weighted by Gasteiger charge is -2.00. The first-order valence-corrected chi connectivity index (χ1v) is 6.08. The first kappa shape index (κ1) is 12.2. The molecule has 0 fully saturated rings. The molecule has 8 heteroatoms. The molecule has 0 unspecified atom stereocenters. The van der Waals surface area contributed by atoms with Gasteiger partial charge >= 0.3 is 0 Å².